The first-order valence-electron chi connectivity index (χ1n) is 7.53. The number of carbonyl (C=O) groups is 2. The van der Waals surface area contributed by atoms with E-state index in [1.165, 1.54) is 11.0 Å². The number of nitrogens with one attached hydrogen (secondary N) is 1. The third-order valence-electron chi connectivity index (χ3n) is 3.55. The van der Waals surface area contributed by atoms with Crippen molar-refractivity contribution >= 4 is 63.5 Å². The predicted molar refractivity (Wildman–Crippen MR) is 108 cm³/mol. The number of benzene rings is 2. The molecule has 8 heteroatoms. The number of anilines is 1. The first kappa shape index (κ1) is 18.4. The molecular formula is C18H13ClN2O3S2. The van der Waals surface area contributed by atoms with Gasteiger partial charge in [-0.1, -0.05) is 65.9 Å². The molecule has 1 fully saturated rings. The number of nitrogens with zero attached hydrogens (tertiary/aromatic N) is 1. The van der Waals surface area contributed by atoms with Gasteiger partial charge in [0, 0.05) is 5.02 Å². The second-order valence-electron chi connectivity index (χ2n) is 5.35. The zero-order valence-electron chi connectivity index (χ0n) is 13.3. The van der Waals surface area contributed by atoms with E-state index < -0.39 is 5.91 Å². The van der Waals surface area contributed by atoms with Crippen LogP contribution in [0.5, 0.6) is 5.75 Å². The Labute approximate surface area is 164 Å². The lowest BCUT2D eigenvalue weighted by atomic mass is 10.2. The molecule has 2 amide bonds. The predicted octanol–water partition coefficient (Wildman–Crippen LogP) is 3.89. The molecule has 132 valence electrons. The molecule has 1 heterocycles. The van der Waals surface area contributed by atoms with Crippen molar-refractivity contribution in [2.24, 2.45) is 0 Å². The maximum absolute atomic E-state index is 12.6. The minimum Gasteiger partial charge on any atom is -0.506 e. The van der Waals surface area contributed by atoms with Gasteiger partial charge in [-0.2, -0.15) is 0 Å². The van der Waals surface area contributed by atoms with Crippen molar-refractivity contribution < 1.29 is 14.7 Å². The smallest absolute Gasteiger partial charge is 0.266 e. The quantitative estimate of drug-likeness (QED) is 0.459. The summed E-state index contributed by atoms with van der Waals surface area (Å²) in [7, 11) is 0. The average Bonchev–Trinajstić information content (AvgIpc) is 2.86. The number of phenols is 1. The third kappa shape index (κ3) is 4.07. The van der Waals surface area contributed by atoms with Crippen LogP contribution in [0.3, 0.4) is 0 Å². The Morgan fingerprint density at radius 1 is 1.23 bits per heavy atom. The van der Waals surface area contributed by atoms with E-state index >= 15 is 0 Å². The Kier molecular flexibility index (Phi) is 5.61. The molecule has 1 aliphatic heterocycles. The van der Waals surface area contributed by atoms with Crippen LogP contribution in [0.15, 0.2) is 53.4 Å². The van der Waals surface area contributed by atoms with E-state index in [1.807, 2.05) is 6.07 Å². The van der Waals surface area contributed by atoms with Crippen molar-refractivity contribution in [2.75, 3.05) is 11.9 Å². The van der Waals surface area contributed by atoms with Crippen LogP contribution in [0.2, 0.25) is 5.02 Å². The first-order chi connectivity index (χ1) is 12.5. The lowest BCUT2D eigenvalue weighted by Crippen LogP contribution is -2.36. The minimum absolute atomic E-state index is 0.0511. The standard InChI is InChI=1S/C18H13ClN2O3S2/c19-12-6-2-1-5-11(12)9-15-17(24)21(18(25)26-15)10-16(23)20-13-7-3-4-8-14(13)22/h1-9,22H,10H2,(H,20,23)/b15-9+. The summed E-state index contributed by atoms with van der Waals surface area (Å²) in [4.78, 5) is 26.4. The molecule has 2 aromatic rings. The summed E-state index contributed by atoms with van der Waals surface area (Å²) in [6.07, 6.45) is 1.66. The van der Waals surface area contributed by atoms with Gasteiger partial charge in [-0.15, -0.1) is 0 Å². The molecule has 0 radical (unpaired) electrons. The average molecular weight is 405 g/mol. The first-order valence-corrected chi connectivity index (χ1v) is 9.13. The summed E-state index contributed by atoms with van der Waals surface area (Å²) >= 11 is 12.4. The van der Waals surface area contributed by atoms with Crippen LogP contribution in [0.25, 0.3) is 6.08 Å². The molecule has 0 aliphatic carbocycles. The summed E-state index contributed by atoms with van der Waals surface area (Å²) in [5.74, 6) is -0.862. The van der Waals surface area contributed by atoms with E-state index in [0.29, 0.717) is 19.8 Å². The van der Waals surface area contributed by atoms with Crippen LogP contribution in [0.4, 0.5) is 5.69 Å². The molecule has 26 heavy (non-hydrogen) atoms. The molecule has 3 rings (SSSR count). The van der Waals surface area contributed by atoms with Crippen molar-refractivity contribution in [1.29, 1.82) is 0 Å². The van der Waals surface area contributed by atoms with Crippen molar-refractivity contribution in [3.8, 4) is 5.75 Å². The van der Waals surface area contributed by atoms with Crippen LogP contribution < -0.4 is 5.32 Å². The Hall–Kier alpha value is -2.35. The van der Waals surface area contributed by atoms with E-state index in [1.54, 1.807) is 42.5 Å². The molecule has 0 unspecified atom stereocenters. The van der Waals surface area contributed by atoms with E-state index in [2.05, 4.69) is 5.32 Å². The molecule has 0 spiro atoms. The molecule has 0 saturated carbocycles. The molecule has 5 nitrogen and oxygen atoms in total. The van der Waals surface area contributed by atoms with Crippen LogP contribution in [-0.2, 0) is 9.59 Å². The van der Waals surface area contributed by atoms with E-state index in [9.17, 15) is 14.7 Å². The van der Waals surface area contributed by atoms with Crippen LogP contribution in [0.1, 0.15) is 5.56 Å². The van der Waals surface area contributed by atoms with Crippen molar-refractivity contribution in [3.63, 3.8) is 0 Å². The van der Waals surface area contributed by atoms with Gasteiger partial charge in [-0.05, 0) is 29.8 Å². The van der Waals surface area contributed by atoms with Gasteiger partial charge in [0.25, 0.3) is 5.91 Å². The minimum atomic E-state index is -0.457. The van der Waals surface area contributed by atoms with Gasteiger partial charge in [0.2, 0.25) is 5.91 Å². The van der Waals surface area contributed by atoms with E-state index in [4.69, 9.17) is 23.8 Å². The van der Waals surface area contributed by atoms with Crippen molar-refractivity contribution in [2.45, 2.75) is 0 Å². The summed E-state index contributed by atoms with van der Waals surface area (Å²) in [6.45, 7) is -0.237. The summed E-state index contributed by atoms with van der Waals surface area (Å²) in [5.41, 5.74) is 0.975. The number of hydrogen-bond donors (Lipinski definition) is 2. The Morgan fingerprint density at radius 3 is 2.65 bits per heavy atom. The molecule has 0 atom stereocenters. The van der Waals surface area contributed by atoms with Gasteiger partial charge in [0.1, 0.15) is 16.6 Å². The summed E-state index contributed by atoms with van der Waals surface area (Å²) in [6, 6.07) is 13.5. The zero-order chi connectivity index (χ0) is 18.7. The van der Waals surface area contributed by atoms with Gasteiger partial charge < -0.3 is 10.4 Å². The van der Waals surface area contributed by atoms with Gasteiger partial charge >= 0.3 is 0 Å². The fraction of sp³-hybridized carbons (Fsp3) is 0.0556. The van der Waals surface area contributed by atoms with Crippen LogP contribution in [-0.4, -0.2) is 32.7 Å². The Balaban J connectivity index is 1.72. The van der Waals surface area contributed by atoms with Gasteiger partial charge in [0.05, 0.1) is 10.6 Å². The number of rotatable bonds is 4. The normalized spacial score (nSPS) is 15.6. The molecule has 1 saturated heterocycles. The Bertz CT molecular complexity index is 930. The maximum Gasteiger partial charge on any atom is 0.266 e. The Morgan fingerprint density at radius 2 is 1.92 bits per heavy atom. The molecule has 2 aromatic carbocycles. The van der Waals surface area contributed by atoms with Crippen LogP contribution in [0, 0.1) is 0 Å². The second-order valence-corrected chi connectivity index (χ2v) is 7.44. The van der Waals surface area contributed by atoms with Crippen LogP contribution >= 0.6 is 35.6 Å². The van der Waals surface area contributed by atoms with E-state index in [-0.39, 0.29) is 23.9 Å². The molecular weight excluding hydrogens is 392 g/mol. The number of carbonyl (C=O) groups excluding carboxylic acids is 2. The number of amides is 2. The number of thioether (sulfide) groups is 1. The molecule has 2 N–H and O–H groups in total. The lowest BCUT2D eigenvalue weighted by Gasteiger charge is -2.14. The summed E-state index contributed by atoms with van der Waals surface area (Å²) < 4.78 is 0.292. The van der Waals surface area contributed by atoms with Crippen molar-refractivity contribution in [1.82, 2.24) is 4.90 Å². The molecule has 0 aromatic heterocycles. The SMILES string of the molecule is O=C(CN1C(=O)/C(=C\c2ccccc2Cl)SC1=S)Nc1ccccc1O. The number of aromatic hydroxyl groups is 1. The fourth-order valence-electron chi connectivity index (χ4n) is 2.28. The number of thiocarbonyl (C=S) groups is 1. The third-order valence-corrected chi connectivity index (χ3v) is 5.27. The van der Waals surface area contributed by atoms with E-state index in [0.717, 1.165) is 11.8 Å². The highest BCUT2D eigenvalue weighted by Gasteiger charge is 2.33. The number of para-hydroxylation sites is 2. The number of phenolic OH excluding ortho intramolecular Hbond substituents is 1. The largest absolute Gasteiger partial charge is 0.506 e. The fourth-order valence-corrected chi connectivity index (χ4v) is 3.72. The molecule has 0 bridgehead atoms. The van der Waals surface area contributed by atoms with Gasteiger partial charge in [-0.3, -0.25) is 14.5 Å². The monoisotopic (exact) mass is 404 g/mol. The number of hydrogen-bond acceptors (Lipinski definition) is 5. The maximum atomic E-state index is 12.6. The second kappa shape index (κ2) is 7.90. The highest BCUT2D eigenvalue weighted by atomic mass is 35.5. The van der Waals surface area contributed by atoms with Gasteiger partial charge in [-0.25, -0.2) is 0 Å². The zero-order valence-corrected chi connectivity index (χ0v) is 15.7. The lowest BCUT2D eigenvalue weighted by molar-refractivity contribution is -0.126. The topological polar surface area (TPSA) is 69.6 Å². The van der Waals surface area contributed by atoms with Gasteiger partial charge in [0.15, 0.2) is 0 Å². The molecule has 1 aliphatic rings. The summed E-state index contributed by atoms with van der Waals surface area (Å²) in [5, 5.41) is 12.8. The number of halogens is 1. The highest BCUT2D eigenvalue weighted by molar-refractivity contribution is 8.26. The van der Waals surface area contributed by atoms with Crippen molar-refractivity contribution in [3.05, 3.63) is 64.0 Å². The highest BCUT2D eigenvalue weighted by Crippen LogP contribution is 2.33.